The fourth-order valence-corrected chi connectivity index (χ4v) is 3.82. The molecule has 1 saturated heterocycles. The minimum Gasteiger partial charge on any atom is -0.497 e. The Labute approximate surface area is 186 Å². The zero-order chi connectivity index (χ0) is 22.7. The zero-order valence-electron chi connectivity index (χ0n) is 18.1. The second kappa shape index (κ2) is 9.19. The summed E-state index contributed by atoms with van der Waals surface area (Å²) in [6.45, 7) is 5.94. The van der Waals surface area contributed by atoms with Crippen LogP contribution in [0, 0.1) is 10.1 Å². The molecule has 0 bridgehead atoms. The monoisotopic (exact) mass is 435 g/mol. The molecule has 1 aliphatic rings. The van der Waals surface area contributed by atoms with Gasteiger partial charge < -0.3 is 14.5 Å². The van der Waals surface area contributed by atoms with Crippen LogP contribution in [0.2, 0.25) is 0 Å². The van der Waals surface area contributed by atoms with Crippen LogP contribution < -0.4 is 4.74 Å². The van der Waals surface area contributed by atoms with Gasteiger partial charge in [0.1, 0.15) is 11.4 Å². The Morgan fingerprint density at radius 1 is 1.09 bits per heavy atom. The number of piperazine rings is 1. The Kier molecular flexibility index (Phi) is 6.18. The molecule has 4 rings (SSSR count). The number of hydrogen-bond donors (Lipinski definition) is 0. The lowest BCUT2D eigenvalue weighted by molar-refractivity contribution is -0.384. The van der Waals surface area contributed by atoms with Crippen LogP contribution in [0.1, 0.15) is 17.4 Å². The van der Waals surface area contributed by atoms with Gasteiger partial charge in [0.05, 0.1) is 23.4 Å². The van der Waals surface area contributed by atoms with Crippen molar-refractivity contribution in [3.05, 3.63) is 70.4 Å². The number of non-ortho nitro benzene ring substituents is 1. The molecule has 1 amide bonds. The number of rotatable bonds is 6. The summed E-state index contributed by atoms with van der Waals surface area (Å²) in [5, 5.41) is 15.9. The van der Waals surface area contributed by atoms with Gasteiger partial charge in [-0.15, -0.1) is 0 Å². The maximum Gasteiger partial charge on any atom is 0.272 e. The fourth-order valence-electron chi connectivity index (χ4n) is 3.82. The first-order valence-electron chi connectivity index (χ1n) is 10.5. The highest BCUT2D eigenvalue weighted by Gasteiger charge is 2.26. The second-order valence-corrected chi connectivity index (χ2v) is 7.56. The lowest BCUT2D eigenvalue weighted by Crippen LogP contribution is -2.48. The van der Waals surface area contributed by atoms with E-state index in [1.807, 2.05) is 29.2 Å². The number of nitro benzene ring substituents is 1. The van der Waals surface area contributed by atoms with Crippen molar-refractivity contribution in [2.45, 2.75) is 6.92 Å². The van der Waals surface area contributed by atoms with Gasteiger partial charge in [-0.25, -0.2) is 4.68 Å². The number of benzene rings is 2. The predicted molar refractivity (Wildman–Crippen MR) is 120 cm³/mol. The minimum absolute atomic E-state index is 0.0594. The van der Waals surface area contributed by atoms with E-state index in [1.165, 1.54) is 16.8 Å². The molecule has 0 unspecified atom stereocenters. The van der Waals surface area contributed by atoms with Crippen molar-refractivity contribution in [1.82, 2.24) is 19.6 Å². The topological polar surface area (TPSA) is 93.7 Å². The predicted octanol–water partition coefficient (Wildman–Crippen LogP) is 3.23. The molecule has 2 heterocycles. The van der Waals surface area contributed by atoms with Gasteiger partial charge in [0.2, 0.25) is 0 Å². The van der Waals surface area contributed by atoms with Crippen LogP contribution in [-0.4, -0.2) is 70.2 Å². The van der Waals surface area contributed by atoms with E-state index in [0.29, 0.717) is 35.9 Å². The summed E-state index contributed by atoms with van der Waals surface area (Å²) in [6, 6.07) is 15.3. The van der Waals surface area contributed by atoms with Gasteiger partial charge in [-0.2, -0.15) is 5.10 Å². The van der Waals surface area contributed by atoms with E-state index in [1.54, 1.807) is 25.3 Å². The van der Waals surface area contributed by atoms with Crippen molar-refractivity contribution >= 4 is 11.6 Å². The second-order valence-electron chi connectivity index (χ2n) is 7.56. The van der Waals surface area contributed by atoms with Crippen molar-refractivity contribution in [2.75, 3.05) is 39.8 Å². The van der Waals surface area contributed by atoms with Gasteiger partial charge in [0.25, 0.3) is 11.6 Å². The molecule has 2 aromatic carbocycles. The molecule has 32 heavy (non-hydrogen) atoms. The SMILES string of the molecule is CCN1CCN(C(=O)c2cc(-c3cccc(OC)c3)nn2-c2cccc([N+](=O)[O-])c2)CC1. The quantitative estimate of drug-likeness (QED) is 0.436. The van der Waals surface area contributed by atoms with Crippen LogP contribution in [0.15, 0.2) is 54.6 Å². The van der Waals surface area contributed by atoms with Crippen LogP contribution in [0.25, 0.3) is 16.9 Å². The summed E-state index contributed by atoms with van der Waals surface area (Å²) in [5.74, 6) is 0.532. The third-order valence-electron chi connectivity index (χ3n) is 5.69. The van der Waals surface area contributed by atoms with Crippen molar-refractivity contribution in [3.8, 4) is 22.7 Å². The Morgan fingerprint density at radius 2 is 1.84 bits per heavy atom. The first-order chi connectivity index (χ1) is 15.5. The third kappa shape index (κ3) is 4.33. The molecule has 9 nitrogen and oxygen atoms in total. The molecule has 0 atom stereocenters. The van der Waals surface area contributed by atoms with E-state index in [-0.39, 0.29) is 11.6 Å². The van der Waals surface area contributed by atoms with Gasteiger partial charge in [-0.05, 0) is 30.8 Å². The molecular formula is C23H25N5O4. The van der Waals surface area contributed by atoms with E-state index in [4.69, 9.17) is 4.74 Å². The summed E-state index contributed by atoms with van der Waals surface area (Å²) in [5.41, 5.74) is 2.15. The molecule has 0 radical (unpaired) electrons. The maximum absolute atomic E-state index is 13.5. The molecule has 1 aromatic heterocycles. The minimum atomic E-state index is -0.457. The summed E-state index contributed by atoms with van der Waals surface area (Å²) < 4.78 is 6.81. The number of ether oxygens (including phenoxy) is 1. The van der Waals surface area contributed by atoms with Crippen LogP contribution in [0.5, 0.6) is 5.75 Å². The standard InChI is InChI=1S/C23H25N5O4/c1-3-25-10-12-26(13-11-25)23(29)22-16-21(17-6-4-9-20(14-17)32-2)24-27(22)18-7-5-8-19(15-18)28(30)31/h4-9,14-16H,3,10-13H2,1-2H3. The number of likely N-dealkylation sites (N-methyl/N-ethyl adjacent to an activating group) is 1. The number of methoxy groups -OCH3 is 1. The highest BCUT2D eigenvalue weighted by molar-refractivity contribution is 5.94. The molecule has 3 aromatic rings. The van der Waals surface area contributed by atoms with Crippen molar-refractivity contribution in [1.29, 1.82) is 0 Å². The Balaban J connectivity index is 1.76. The van der Waals surface area contributed by atoms with Gasteiger partial charge in [0, 0.05) is 43.9 Å². The molecule has 1 fully saturated rings. The lowest BCUT2D eigenvalue weighted by atomic mass is 10.1. The number of carbonyl (C=O) groups excluding carboxylic acids is 1. The fraction of sp³-hybridized carbons (Fsp3) is 0.304. The number of carbonyl (C=O) groups is 1. The number of amides is 1. The van der Waals surface area contributed by atoms with E-state index in [0.717, 1.165) is 25.2 Å². The molecule has 166 valence electrons. The Morgan fingerprint density at radius 3 is 2.53 bits per heavy atom. The average Bonchev–Trinajstić information content (AvgIpc) is 3.29. The van der Waals surface area contributed by atoms with Crippen LogP contribution in [0.3, 0.4) is 0 Å². The van der Waals surface area contributed by atoms with Crippen molar-refractivity contribution in [2.24, 2.45) is 0 Å². The molecule has 0 N–H and O–H groups in total. The van der Waals surface area contributed by atoms with Crippen LogP contribution in [0.4, 0.5) is 5.69 Å². The average molecular weight is 435 g/mol. The van der Waals surface area contributed by atoms with Crippen molar-refractivity contribution in [3.63, 3.8) is 0 Å². The molecule has 9 heteroatoms. The molecule has 0 spiro atoms. The summed E-state index contributed by atoms with van der Waals surface area (Å²) in [7, 11) is 1.59. The number of nitrogens with zero attached hydrogens (tertiary/aromatic N) is 5. The largest absolute Gasteiger partial charge is 0.497 e. The summed E-state index contributed by atoms with van der Waals surface area (Å²) in [4.78, 5) is 28.4. The normalized spacial score (nSPS) is 14.4. The van der Waals surface area contributed by atoms with Crippen molar-refractivity contribution < 1.29 is 14.5 Å². The van der Waals surface area contributed by atoms with Gasteiger partial charge >= 0.3 is 0 Å². The van der Waals surface area contributed by atoms with Gasteiger partial charge in [-0.3, -0.25) is 14.9 Å². The molecule has 0 saturated carbocycles. The third-order valence-corrected chi connectivity index (χ3v) is 5.69. The lowest BCUT2D eigenvalue weighted by Gasteiger charge is -2.34. The van der Waals surface area contributed by atoms with Gasteiger partial charge in [0.15, 0.2) is 0 Å². The van der Waals surface area contributed by atoms with Crippen LogP contribution >= 0.6 is 0 Å². The first-order valence-corrected chi connectivity index (χ1v) is 10.5. The molecule has 0 aliphatic carbocycles. The number of hydrogen-bond acceptors (Lipinski definition) is 6. The number of nitro groups is 1. The van der Waals surface area contributed by atoms with E-state index < -0.39 is 4.92 Å². The van der Waals surface area contributed by atoms with E-state index in [9.17, 15) is 14.9 Å². The van der Waals surface area contributed by atoms with Gasteiger partial charge in [-0.1, -0.05) is 25.1 Å². The number of aromatic nitrogens is 2. The summed E-state index contributed by atoms with van der Waals surface area (Å²) >= 11 is 0. The highest BCUT2D eigenvalue weighted by atomic mass is 16.6. The zero-order valence-corrected chi connectivity index (χ0v) is 18.1. The molecular weight excluding hydrogens is 410 g/mol. The van der Waals surface area contributed by atoms with E-state index >= 15 is 0 Å². The molecule has 1 aliphatic heterocycles. The van der Waals surface area contributed by atoms with Crippen LogP contribution in [-0.2, 0) is 0 Å². The highest BCUT2D eigenvalue weighted by Crippen LogP contribution is 2.27. The smallest absolute Gasteiger partial charge is 0.272 e. The Bertz CT molecular complexity index is 1130. The van der Waals surface area contributed by atoms with E-state index in [2.05, 4.69) is 16.9 Å². The Hall–Kier alpha value is -3.72. The first kappa shape index (κ1) is 21.5. The maximum atomic E-state index is 13.5. The summed E-state index contributed by atoms with van der Waals surface area (Å²) in [6.07, 6.45) is 0.